The molecule has 2 atom stereocenters. The maximum absolute atomic E-state index is 12.6. The largest absolute Gasteiger partial charge is 0.511 e. The number of carbonyl (C=O) groups is 2. The van der Waals surface area contributed by atoms with Crippen LogP contribution in [-0.4, -0.2) is 26.6 Å². The van der Waals surface area contributed by atoms with Crippen molar-refractivity contribution in [1.29, 1.82) is 0 Å². The van der Waals surface area contributed by atoms with E-state index in [-0.39, 0.29) is 23.5 Å². The lowest BCUT2D eigenvalue weighted by atomic mass is 9.93. The van der Waals surface area contributed by atoms with Gasteiger partial charge in [0.1, 0.15) is 5.65 Å². The molecule has 2 heterocycles. The van der Waals surface area contributed by atoms with E-state index in [4.69, 9.17) is 5.11 Å². The number of rotatable bonds is 5. The van der Waals surface area contributed by atoms with Gasteiger partial charge in [-0.15, -0.1) is 0 Å². The van der Waals surface area contributed by atoms with Crippen LogP contribution < -0.4 is 15.6 Å². The van der Waals surface area contributed by atoms with Crippen molar-refractivity contribution in [3.8, 4) is 5.75 Å². The Morgan fingerprint density at radius 3 is 2.66 bits per heavy atom. The predicted octanol–water partition coefficient (Wildman–Crippen LogP) is 3.83. The van der Waals surface area contributed by atoms with Crippen molar-refractivity contribution >= 4 is 34.2 Å². The molecule has 152 valence electrons. The van der Waals surface area contributed by atoms with E-state index in [0.29, 0.717) is 16.7 Å². The summed E-state index contributed by atoms with van der Waals surface area (Å²) in [4.78, 5) is 40.1. The Hall–Kier alpha value is -3.42. The molecule has 8 heteroatoms. The van der Waals surface area contributed by atoms with Crippen LogP contribution in [0.25, 0.3) is 16.4 Å². The molecule has 0 fully saturated rings. The first-order chi connectivity index (χ1) is 13.7. The van der Waals surface area contributed by atoms with E-state index in [1.165, 1.54) is 4.40 Å². The first kappa shape index (κ1) is 20.3. The lowest BCUT2D eigenvalue weighted by Gasteiger charge is -2.18. The van der Waals surface area contributed by atoms with Crippen LogP contribution in [-0.2, 0) is 4.79 Å². The minimum atomic E-state index is -1.58. The highest BCUT2D eigenvalue weighted by atomic mass is 16.7. The number of hydrogen-bond donors (Lipinski definition) is 2. The van der Waals surface area contributed by atoms with Crippen LogP contribution in [0.1, 0.15) is 32.8 Å². The molecule has 3 aromatic rings. The van der Waals surface area contributed by atoms with Crippen molar-refractivity contribution in [3.63, 3.8) is 0 Å². The third kappa shape index (κ3) is 3.91. The van der Waals surface area contributed by atoms with Gasteiger partial charge < -0.3 is 15.2 Å². The van der Waals surface area contributed by atoms with E-state index >= 15 is 0 Å². The van der Waals surface area contributed by atoms with Crippen LogP contribution in [0.15, 0.2) is 35.4 Å². The Morgan fingerprint density at radius 1 is 1.28 bits per heavy atom. The number of aromatic nitrogens is 2. The third-order valence-electron chi connectivity index (χ3n) is 5.35. The van der Waals surface area contributed by atoms with Gasteiger partial charge in [-0.25, -0.2) is 9.78 Å². The van der Waals surface area contributed by atoms with E-state index in [1.54, 1.807) is 12.3 Å². The second-order valence-electron chi connectivity index (χ2n) is 7.23. The fourth-order valence-corrected chi connectivity index (χ4v) is 3.22. The molecule has 1 amide bonds. The van der Waals surface area contributed by atoms with Gasteiger partial charge in [-0.05, 0) is 35.9 Å². The Kier molecular flexibility index (Phi) is 5.54. The Labute approximate surface area is 167 Å². The van der Waals surface area contributed by atoms with Gasteiger partial charge in [0, 0.05) is 23.2 Å². The number of nitrogens with zero attached hydrogens (tertiary/aromatic N) is 2. The molecular formula is C21H23N3O5. The van der Waals surface area contributed by atoms with Crippen LogP contribution in [0, 0.1) is 18.8 Å². The second-order valence-corrected chi connectivity index (χ2v) is 7.23. The zero-order chi connectivity index (χ0) is 21.3. The Morgan fingerprint density at radius 2 is 2.00 bits per heavy atom. The molecule has 0 spiro atoms. The number of amides is 1. The summed E-state index contributed by atoms with van der Waals surface area (Å²) in [6.45, 7) is 7.82. The summed E-state index contributed by atoms with van der Waals surface area (Å²) < 4.78 is 5.76. The number of benzene rings is 1. The average molecular weight is 397 g/mol. The fourth-order valence-electron chi connectivity index (χ4n) is 3.22. The summed E-state index contributed by atoms with van der Waals surface area (Å²) >= 11 is 0. The van der Waals surface area contributed by atoms with Gasteiger partial charge in [-0.3, -0.25) is 14.0 Å². The molecule has 2 unspecified atom stereocenters. The van der Waals surface area contributed by atoms with Crippen LogP contribution >= 0.6 is 0 Å². The molecule has 8 nitrogen and oxygen atoms in total. The van der Waals surface area contributed by atoms with Gasteiger partial charge in [-0.1, -0.05) is 33.3 Å². The molecule has 0 saturated heterocycles. The van der Waals surface area contributed by atoms with Crippen LogP contribution in [0.4, 0.5) is 10.5 Å². The van der Waals surface area contributed by atoms with Gasteiger partial charge >= 0.3 is 11.7 Å². The van der Waals surface area contributed by atoms with E-state index in [0.717, 1.165) is 23.6 Å². The van der Waals surface area contributed by atoms with E-state index in [9.17, 15) is 14.4 Å². The molecule has 3 rings (SSSR count). The lowest BCUT2D eigenvalue weighted by Crippen LogP contribution is -2.25. The quantitative estimate of drug-likeness (QED) is 0.500. The number of aryl methyl sites for hydroxylation is 1. The van der Waals surface area contributed by atoms with Crippen molar-refractivity contribution < 1.29 is 19.4 Å². The van der Waals surface area contributed by atoms with Crippen LogP contribution in [0.2, 0.25) is 0 Å². The number of fused-ring (bicyclic) bond motifs is 3. The molecule has 0 aliphatic rings. The summed E-state index contributed by atoms with van der Waals surface area (Å²) in [6, 6.07) is 5.44. The maximum atomic E-state index is 12.6. The number of anilines is 1. The van der Waals surface area contributed by atoms with E-state index in [2.05, 4.69) is 15.0 Å². The highest BCUT2D eigenvalue weighted by Gasteiger charge is 2.19. The smallest absolute Gasteiger partial charge is 0.449 e. The molecule has 29 heavy (non-hydrogen) atoms. The molecule has 1 aromatic carbocycles. The van der Waals surface area contributed by atoms with Gasteiger partial charge in [-0.2, -0.15) is 0 Å². The van der Waals surface area contributed by atoms with Gasteiger partial charge in [0.2, 0.25) is 11.7 Å². The summed E-state index contributed by atoms with van der Waals surface area (Å²) in [6.07, 6.45) is 2.01. The normalized spacial score (nSPS) is 13.2. The van der Waals surface area contributed by atoms with Crippen LogP contribution in [0.5, 0.6) is 5.75 Å². The number of carbonyl (C=O) groups excluding carboxylic acids is 1. The van der Waals surface area contributed by atoms with Crippen molar-refractivity contribution in [2.24, 2.45) is 11.8 Å². The summed E-state index contributed by atoms with van der Waals surface area (Å²) in [7, 11) is 0. The van der Waals surface area contributed by atoms with E-state index in [1.807, 2.05) is 39.8 Å². The molecule has 0 aliphatic carbocycles. The third-order valence-corrected chi connectivity index (χ3v) is 5.35. The first-order valence-corrected chi connectivity index (χ1v) is 9.39. The molecule has 2 aromatic heterocycles. The zero-order valence-electron chi connectivity index (χ0n) is 16.7. The maximum Gasteiger partial charge on any atom is 0.511 e. The van der Waals surface area contributed by atoms with Gasteiger partial charge in [0.05, 0.1) is 6.20 Å². The molecule has 0 saturated carbocycles. The number of hydrogen-bond acceptors (Lipinski definition) is 5. The average Bonchev–Trinajstić information content (AvgIpc) is 2.69. The van der Waals surface area contributed by atoms with Gasteiger partial charge in [0.15, 0.2) is 0 Å². The minimum Gasteiger partial charge on any atom is -0.449 e. The zero-order valence-corrected chi connectivity index (χ0v) is 16.7. The summed E-state index contributed by atoms with van der Waals surface area (Å²) in [5.74, 6) is -0.327. The highest BCUT2D eigenvalue weighted by Crippen LogP contribution is 2.26. The molecular weight excluding hydrogens is 374 g/mol. The van der Waals surface area contributed by atoms with Crippen molar-refractivity contribution in [2.75, 3.05) is 5.32 Å². The van der Waals surface area contributed by atoms with Gasteiger partial charge in [0.25, 0.3) is 0 Å². The lowest BCUT2D eigenvalue weighted by molar-refractivity contribution is -0.120. The molecule has 2 N–H and O–H groups in total. The monoisotopic (exact) mass is 397 g/mol. The predicted molar refractivity (Wildman–Crippen MR) is 110 cm³/mol. The second kappa shape index (κ2) is 7.90. The van der Waals surface area contributed by atoms with Crippen molar-refractivity contribution in [2.45, 2.75) is 34.1 Å². The molecule has 0 aliphatic heterocycles. The first-order valence-electron chi connectivity index (χ1n) is 9.39. The number of carboxylic acid groups (broad SMARTS) is 1. The van der Waals surface area contributed by atoms with Crippen LogP contribution in [0.3, 0.4) is 0 Å². The summed E-state index contributed by atoms with van der Waals surface area (Å²) in [5.41, 5.74) is 1.13. The SMILES string of the molecule is CCC(C)C(C)C(=O)Nc1ccc2c(C)cn3c(=O)c(OC(=O)O)cnc3c2c1. The highest BCUT2D eigenvalue weighted by molar-refractivity contribution is 6.00. The standard InChI is InChI=1S/C21H23N3O5/c1-5-11(2)13(4)19(25)23-14-6-7-15-12(3)10-24-18(16(15)8-14)22-9-17(20(24)26)29-21(27)28/h6-11,13H,5H2,1-4H3,(H,23,25)(H,27,28). The summed E-state index contributed by atoms with van der Waals surface area (Å²) in [5, 5.41) is 13.2. The Balaban J connectivity index is 2.10. The molecule has 0 bridgehead atoms. The minimum absolute atomic E-state index is 0.0714. The van der Waals surface area contributed by atoms with Crippen molar-refractivity contribution in [1.82, 2.24) is 9.38 Å². The molecule has 0 radical (unpaired) electrons. The number of nitrogens with one attached hydrogen (secondary N) is 1. The topological polar surface area (TPSA) is 110 Å². The van der Waals surface area contributed by atoms with E-state index < -0.39 is 11.7 Å². The number of ether oxygens (including phenoxy) is 1. The number of pyridine rings is 1. The Bertz CT molecular complexity index is 1170. The fraction of sp³-hybridized carbons (Fsp3) is 0.333. The van der Waals surface area contributed by atoms with Crippen molar-refractivity contribution in [3.05, 3.63) is 46.5 Å².